The predicted octanol–water partition coefficient (Wildman–Crippen LogP) is 2.47. The molecule has 3 aromatic rings. The van der Waals surface area contributed by atoms with Crippen molar-refractivity contribution in [2.24, 2.45) is 0 Å². The van der Waals surface area contributed by atoms with Crippen LogP contribution in [0.2, 0.25) is 0 Å². The SMILES string of the molecule is C[C@H]1CN(C(=O)Nc2nc3ccccc3s2)CCN1c1ncc(C[C@H](O)CO)cc1F. The van der Waals surface area contributed by atoms with Crippen molar-refractivity contribution in [1.29, 1.82) is 0 Å². The van der Waals surface area contributed by atoms with E-state index in [-0.39, 0.29) is 30.9 Å². The molecule has 0 spiro atoms. The number of aliphatic hydroxyl groups is 2. The molecule has 164 valence electrons. The molecule has 2 atom stereocenters. The van der Waals surface area contributed by atoms with E-state index in [1.54, 1.807) is 4.90 Å². The van der Waals surface area contributed by atoms with Gasteiger partial charge in [0.05, 0.1) is 22.9 Å². The number of urea groups is 1. The second-order valence-electron chi connectivity index (χ2n) is 7.59. The highest BCUT2D eigenvalue weighted by molar-refractivity contribution is 7.22. The number of fused-ring (bicyclic) bond motifs is 1. The van der Waals surface area contributed by atoms with Gasteiger partial charge < -0.3 is 20.0 Å². The molecule has 31 heavy (non-hydrogen) atoms. The second kappa shape index (κ2) is 9.13. The third-order valence-electron chi connectivity index (χ3n) is 5.25. The zero-order valence-electron chi connectivity index (χ0n) is 17.0. The Bertz CT molecular complexity index is 1050. The van der Waals surface area contributed by atoms with Gasteiger partial charge in [0.1, 0.15) is 0 Å². The van der Waals surface area contributed by atoms with Gasteiger partial charge in [0, 0.05) is 38.3 Å². The summed E-state index contributed by atoms with van der Waals surface area (Å²) in [5.74, 6) is -0.261. The van der Waals surface area contributed by atoms with Crippen molar-refractivity contribution < 1.29 is 19.4 Å². The number of piperazine rings is 1. The van der Waals surface area contributed by atoms with Gasteiger partial charge in [-0.05, 0) is 30.7 Å². The van der Waals surface area contributed by atoms with Crippen LogP contribution in [-0.4, -0.2) is 69.5 Å². The van der Waals surface area contributed by atoms with Gasteiger partial charge in [0.25, 0.3) is 0 Å². The second-order valence-corrected chi connectivity index (χ2v) is 8.63. The lowest BCUT2D eigenvalue weighted by atomic mass is 10.1. The number of anilines is 2. The summed E-state index contributed by atoms with van der Waals surface area (Å²) in [5.41, 5.74) is 1.36. The summed E-state index contributed by atoms with van der Waals surface area (Å²) < 4.78 is 15.7. The van der Waals surface area contributed by atoms with Gasteiger partial charge in [-0.15, -0.1) is 0 Å². The smallest absolute Gasteiger partial charge is 0.323 e. The number of hydrogen-bond donors (Lipinski definition) is 3. The van der Waals surface area contributed by atoms with E-state index >= 15 is 0 Å². The summed E-state index contributed by atoms with van der Waals surface area (Å²) in [6.07, 6.45) is 0.704. The van der Waals surface area contributed by atoms with Crippen molar-refractivity contribution in [3.8, 4) is 0 Å². The molecular weight excluding hydrogens is 421 g/mol. The maximum atomic E-state index is 14.7. The number of nitrogens with one attached hydrogen (secondary N) is 1. The van der Waals surface area contributed by atoms with Crippen LogP contribution in [0.4, 0.5) is 20.1 Å². The van der Waals surface area contributed by atoms with Crippen LogP contribution in [0.1, 0.15) is 12.5 Å². The summed E-state index contributed by atoms with van der Waals surface area (Å²) in [5, 5.41) is 21.9. The van der Waals surface area contributed by atoms with Crippen LogP contribution in [0, 0.1) is 5.82 Å². The first-order chi connectivity index (χ1) is 14.9. The Morgan fingerprint density at radius 2 is 2.19 bits per heavy atom. The fraction of sp³-hybridized carbons (Fsp3) is 0.381. The Kier molecular flexibility index (Phi) is 6.30. The molecule has 10 heteroatoms. The molecule has 2 aromatic heterocycles. The molecule has 1 fully saturated rings. The van der Waals surface area contributed by atoms with E-state index in [2.05, 4.69) is 15.3 Å². The monoisotopic (exact) mass is 445 g/mol. The minimum atomic E-state index is -0.941. The minimum absolute atomic E-state index is 0.134. The minimum Gasteiger partial charge on any atom is -0.394 e. The molecule has 1 saturated heterocycles. The Balaban J connectivity index is 1.39. The van der Waals surface area contributed by atoms with E-state index in [1.807, 2.05) is 36.1 Å². The van der Waals surface area contributed by atoms with E-state index in [9.17, 15) is 14.3 Å². The van der Waals surface area contributed by atoms with Gasteiger partial charge in [-0.2, -0.15) is 0 Å². The molecule has 1 aliphatic heterocycles. The highest BCUT2D eigenvalue weighted by Gasteiger charge is 2.29. The Morgan fingerprint density at radius 3 is 2.90 bits per heavy atom. The lowest BCUT2D eigenvalue weighted by Gasteiger charge is -2.40. The molecule has 0 radical (unpaired) electrons. The predicted molar refractivity (Wildman–Crippen MR) is 118 cm³/mol. The highest BCUT2D eigenvalue weighted by Crippen LogP contribution is 2.27. The van der Waals surface area contributed by atoms with Crippen LogP contribution >= 0.6 is 11.3 Å². The number of thiazole rings is 1. The molecule has 0 bridgehead atoms. The molecule has 4 rings (SSSR count). The van der Waals surface area contributed by atoms with Crippen LogP contribution in [0.5, 0.6) is 0 Å². The van der Waals surface area contributed by atoms with Crippen LogP contribution in [-0.2, 0) is 6.42 Å². The number of benzene rings is 1. The zero-order valence-corrected chi connectivity index (χ0v) is 17.8. The van der Waals surface area contributed by atoms with Crippen LogP contribution in [0.3, 0.4) is 0 Å². The number of aliphatic hydroxyl groups excluding tert-OH is 2. The van der Waals surface area contributed by atoms with Crippen LogP contribution < -0.4 is 10.2 Å². The van der Waals surface area contributed by atoms with Crippen molar-refractivity contribution in [2.45, 2.75) is 25.5 Å². The van der Waals surface area contributed by atoms with Crippen molar-refractivity contribution in [3.63, 3.8) is 0 Å². The van der Waals surface area contributed by atoms with Gasteiger partial charge in [-0.3, -0.25) is 5.32 Å². The number of para-hydroxylation sites is 1. The molecule has 1 aromatic carbocycles. The molecular formula is C21H24FN5O3S. The largest absolute Gasteiger partial charge is 0.394 e. The van der Waals surface area contributed by atoms with Crippen molar-refractivity contribution in [1.82, 2.24) is 14.9 Å². The number of amides is 2. The fourth-order valence-electron chi connectivity index (χ4n) is 3.68. The van der Waals surface area contributed by atoms with Gasteiger partial charge >= 0.3 is 6.03 Å². The lowest BCUT2D eigenvalue weighted by Crippen LogP contribution is -2.55. The van der Waals surface area contributed by atoms with Crippen molar-refractivity contribution in [3.05, 3.63) is 47.9 Å². The first-order valence-corrected chi connectivity index (χ1v) is 10.9. The summed E-state index contributed by atoms with van der Waals surface area (Å²) in [7, 11) is 0. The summed E-state index contributed by atoms with van der Waals surface area (Å²) in [6, 6.07) is 8.67. The summed E-state index contributed by atoms with van der Waals surface area (Å²) in [4.78, 5) is 24.9. The molecule has 0 saturated carbocycles. The number of halogens is 1. The number of nitrogens with zero attached hydrogens (tertiary/aromatic N) is 4. The quantitative estimate of drug-likeness (QED) is 0.558. The average Bonchev–Trinajstić information content (AvgIpc) is 3.16. The molecule has 0 unspecified atom stereocenters. The Labute approximate surface area is 183 Å². The molecule has 2 amide bonds. The number of carbonyl (C=O) groups is 1. The van der Waals surface area contributed by atoms with E-state index in [1.165, 1.54) is 23.6 Å². The van der Waals surface area contributed by atoms with E-state index in [4.69, 9.17) is 5.11 Å². The number of rotatable bonds is 5. The van der Waals surface area contributed by atoms with Crippen molar-refractivity contribution in [2.75, 3.05) is 36.5 Å². The number of hydrogen-bond acceptors (Lipinski definition) is 7. The maximum absolute atomic E-state index is 14.7. The van der Waals surface area contributed by atoms with Gasteiger partial charge in [-0.25, -0.2) is 19.2 Å². The van der Waals surface area contributed by atoms with E-state index in [0.717, 1.165) is 10.2 Å². The first kappa shape index (κ1) is 21.4. The standard InChI is InChI=1S/C21H24FN5O3S/c1-13-11-26(21(30)25-20-24-17-4-2-3-5-18(17)31-20)6-7-27(13)19-16(22)9-14(10-23-19)8-15(29)12-28/h2-5,9-10,13,15,28-29H,6-8,11-12H2,1H3,(H,24,25,30)/t13-,15-/m0/s1. The molecule has 3 N–H and O–H groups in total. The van der Waals surface area contributed by atoms with Crippen LogP contribution in [0.25, 0.3) is 10.2 Å². The van der Waals surface area contributed by atoms with E-state index < -0.39 is 11.9 Å². The Morgan fingerprint density at radius 1 is 1.39 bits per heavy atom. The van der Waals surface area contributed by atoms with Gasteiger partial charge in [0.2, 0.25) is 0 Å². The highest BCUT2D eigenvalue weighted by atomic mass is 32.1. The summed E-state index contributed by atoms with van der Waals surface area (Å²) >= 11 is 1.42. The third-order valence-corrected chi connectivity index (χ3v) is 6.21. The molecule has 8 nitrogen and oxygen atoms in total. The zero-order chi connectivity index (χ0) is 22.0. The summed E-state index contributed by atoms with van der Waals surface area (Å²) in [6.45, 7) is 2.82. The molecule has 1 aliphatic rings. The number of pyridine rings is 1. The number of carbonyl (C=O) groups excluding carboxylic acids is 1. The first-order valence-electron chi connectivity index (χ1n) is 10.1. The third kappa shape index (κ3) is 4.76. The molecule has 0 aliphatic carbocycles. The van der Waals surface area contributed by atoms with Crippen molar-refractivity contribution >= 4 is 38.5 Å². The number of aromatic nitrogens is 2. The van der Waals surface area contributed by atoms with Gasteiger partial charge in [0.15, 0.2) is 16.8 Å². The lowest BCUT2D eigenvalue weighted by molar-refractivity contribution is 0.0954. The fourth-order valence-corrected chi connectivity index (χ4v) is 4.54. The Hall–Kier alpha value is -2.82. The van der Waals surface area contributed by atoms with E-state index in [0.29, 0.717) is 30.3 Å². The maximum Gasteiger partial charge on any atom is 0.323 e. The average molecular weight is 446 g/mol. The van der Waals surface area contributed by atoms with Gasteiger partial charge in [-0.1, -0.05) is 23.5 Å². The molecule has 3 heterocycles. The normalized spacial score (nSPS) is 17.7. The topological polar surface area (TPSA) is 102 Å². The van der Waals surface area contributed by atoms with Crippen LogP contribution in [0.15, 0.2) is 36.5 Å².